The lowest BCUT2D eigenvalue weighted by atomic mass is 10.0. The molecule has 0 aliphatic carbocycles. The summed E-state index contributed by atoms with van der Waals surface area (Å²) in [7, 11) is 1.20. The summed E-state index contributed by atoms with van der Waals surface area (Å²) in [6.45, 7) is 6.86. The van der Waals surface area contributed by atoms with Gasteiger partial charge < -0.3 is 28.5 Å². The second kappa shape index (κ2) is 55.5. The zero-order chi connectivity index (χ0) is 55.0. The summed E-state index contributed by atoms with van der Waals surface area (Å²) in [5, 5.41) is 3.04. The minimum absolute atomic E-state index is 0.0199. The predicted octanol–water partition coefficient (Wildman–Crippen LogP) is 19.3. The number of amides is 1. The highest BCUT2D eigenvalue weighted by Crippen LogP contribution is 2.38. The monoisotopic (exact) mass is 1080 g/mol. The molecular formula is C65H125N2O7P. The van der Waals surface area contributed by atoms with Crippen molar-refractivity contribution in [2.75, 3.05) is 40.9 Å². The van der Waals surface area contributed by atoms with Crippen molar-refractivity contribution in [3.63, 3.8) is 0 Å². The number of allylic oxidation sites excluding steroid dienone is 5. The largest absolute Gasteiger partial charge is 0.756 e. The fourth-order valence-electron chi connectivity index (χ4n) is 9.55. The molecule has 9 nitrogen and oxygen atoms in total. The Bertz CT molecular complexity index is 1380. The highest BCUT2D eigenvalue weighted by Gasteiger charge is 2.27. The van der Waals surface area contributed by atoms with Gasteiger partial charge in [-0.05, 0) is 63.9 Å². The molecule has 3 unspecified atom stereocenters. The van der Waals surface area contributed by atoms with E-state index in [0.717, 1.165) is 64.2 Å². The first-order valence-corrected chi connectivity index (χ1v) is 33.8. The average Bonchev–Trinajstić information content (AvgIpc) is 3.37. The molecular weight excluding hydrogens is 952 g/mol. The lowest BCUT2D eigenvalue weighted by Gasteiger charge is -2.30. The molecule has 0 rings (SSSR count). The van der Waals surface area contributed by atoms with Gasteiger partial charge >= 0.3 is 5.97 Å². The highest BCUT2D eigenvalue weighted by molar-refractivity contribution is 7.45. The zero-order valence-corrected chi connectivity index (χ0v) is 51.4. The molecule has 10 heteroatoms. The Labute approximate surface area is 466 Å². The van der Waals surface area contributed by atoms with E-state index in [9.17, 15) is 19.0 Å². The van der Waals surface area contributed by atoms with Crippen LogP contribution in [0.4, 0.5) is 0 Å². The van der Waals surface area contributed by atoms with Crippen molar-refractivity contribution in [3.8, 4) is 0 Å². The van der Waals surface area contributed by atoms with Crippen LogP contribution in [-0.2, 0) is 27.9 Å². The fraction of sp³-hybridized carbons (Fsp3) is 0.877. The Kier molecular flexibility index (Phi) is 54.2. The van der Waals surface area contributed by atoms with Crippen LogP contribution in [0, 0.1) is 0 Å². The molecule has 0 aromatic rings. The molecule has 0 aromatic heterocycles. The number of carbonyl (C=O) groups is 2. The van der Waals surface area contributed by atoms with E-state index in [1.54, 1.807) is 0 Å². The Hall–Kier alpha value is -1.77. The number of phosphoric ester groups is 1. The number of quaternary nitrogens is 1. The van der Waals surface area contributed by atoms with Gasteiger partial charge in [0, 0.05) is 12.8 Å². The van der Waals surface area contributed by atoms with E-state index in [0.29, 0.717) is 17.4 Å². The molecule has 75 heavy (non-hydrogen) atoms. The Balaban J connectivity index is 5.17. The summed E-state index contributed by atoms with van der Waals surface area (Å²) in [6.07, 6.45) is 66.8. The number of unbranched alkanes of at least 4 members (excludes halogenated alkanes) is 39. The lowest BCUT2D eigenvalue weighted by Crippen LogP contribution is -2.47. The van der Waals surface area contributed by atoms with E-state index in [-0.39, 0.29) is 31.5 Å². The van der Waals surface area contributed by atoms with Crippen LogP contribution in [0.5, 0.6) is 0 Å². The van der Waals surface area contributed by atoms with Gasteiger partial charge in [0.05, 0.1) is 33.8 Å². The number of nitrogens with zero attached hydrogens (tertiary/aromatic N) is 1. The minimum atomic E-state index is -4.69. The van der Waals surface area contributed by atoms with Gasteiger partial charge in [0.2, 0.25) is 5.91 Å². The molecule has 0 saturated carbocycles. The van der Waals surface area contributed by atoms with Crippen molar-refractivity contribution >= 4 is 19.7 Å². The second-order valence-corrected chi connectivity index (χ2v) is 24.7. The van der Waals surface area contributed by atoms with E-state index in [1.807, 2.05) is 33.3 Å². The number of carbonyl (C=O) groups excluding carboxylic acids is 2. The van der Waals surface area contributed by atoms with Gasteiger partial charge in [0.15, 0.2) is 0 Å². The molecule has 0 aliphatic heterocycles. The second-order valence-electron chi connectivity index (χ2n) is 23.3. The SMILES string of the molecule is CCCCC/C=C\C/C=C\CCCCCCCCCCCCCC(=O)OC(/C=C/CCCCCCCCCCCC)C(COP(=O)([O-])OCC[N+](C)(C)C)NC(=O)CCCCCCCCCCCCCCCCCC. The number of phosphoric acid groups is 1. The highest BCUT2D eigenvalue weighted by atomic mass is 31.2. The molecule has 0 aromatic carbocycles. The summed E-state index contributed by atoms with van der Waals surface area (Å²) in [6, 6.07) is -0.884. The quantitative estimate of drug-likeness (QED) is 0.0212. The van der Waals surface area contributed by atoms with Gasteiger partial charge in [-0.1, -0.05) is 276 Å². The van der Waals surface area contributed by atoms with E-state index in [2.05, 4.69) is 50.4 Å². The van der Waals surface area contributed by atoms with Crippen LogP contribution in [0.2, 0.25) is 0 Å². The number of hydrogen-bond donors (Lipinski definition) is 1. The van der Waals surface area contributed by atoms with Gasteiger partial charge in [-0.15, -0.1) is 0 Å². The van der Waals surface area contributed by atoms with Crippen LogP contribution >= 0.6 is 7.82 Å². The van der Waals surface area contributed by atoms with Crippen LogP contribution in [0.3, 0.4) is 0 Å². The molecule has 0 bridgehead atoms. The first-order valence-electron chi connectivity index (χ1n) is 32.3. The third-order valence-corrected chi connectivity index (χ3v) is 15.5. The van der Waals surface area contributed by atoms with Gasteiger partial charge in [-0.25, -0.2) is 0 Å². The Morgan fingerprint density at radius 1 is 0.467 bits per heavy atom. The summed E-state index contributed by atoms with van der Waals surface area (Å²) in [5.41, 5.74) is 0. The number of ether oxygens (including phenoxy) is 1. The van der Waals surface area contributed by atoms with E-state index in [1.165, 1.54) is 218 Å². The van der Waals surface area contributed by atoms with Crippen LogP contribution in [-0.4, -0.2) is 69.4 Å². The number of rotatable bonds is 59. The first kappa shape index (κ1) is 73.2. The van der Waals surface area contributed by atoms with E-state index >= 15 is 0 Å². The third-order valence-electron chi connectivity index (χ3n) is 14.6. The normalized spacial score (nSPS) is 13.9. The zero-order valence-electron chi connectivity index (χ0n) is 50.5. The van der Waals surface area contributed by atoms with Crippen molar-refractivity contribution in [2.24, 2.45) is 0 Å². The van der Waals surface area contributed by atoms with Crippen molar-refractivity contribution in [1.29, 1.82) is 0 Å². The topological polar surface area (TPSA) is 114 Å². The summed E-state index contributed by atoms with van der Waals surface area (Å²) < 4.78 is 30.4. The minimum Gasteiger partial charge on any atom is -0.756 e. The van der Waals surface area contributed by atoms with Crippen molar-refractivity contribution in [3.05, 3.63) is 36.5 Å². The van der Waals surface area contributed by atoms with Crippen molar-refractivity contribution in [2.45, 2.75) is 328 Å². The maximum Gasteiger partial charge on any atom is 0.306 e. The van der Waals surface area contributed by atoms with Gasteiger partial charge in [-0.2, -0.15) is 0 Å². The van der Waals surface area contributed by atoms with Gasteiger partial charge in [0.1, 0.15) is 19.3 Å². The fourth-order valence-corrected chi connectivity index (χ4v) is 10.3. The predicted molar refractivity (Wildman–Crippen MR) is 321 cm³/mol. The average molecular weight is 1080 g/mol. The Morgan fingerprint density at radius 2 is 0.813 bits per heavy atom. The summed E-state index contributed by atoms with van der Waals surface area (Å²) in [4.78, 5) is 40.0. The van der Waals surface area contributed by atoms with Crippen LogP contribution in [0.1, 0.15) is 316 Å². The van der Waals surface area contributed by atoms with Gasteiger partial charge in [0.25, 0.3) is 7.82 Å². The molecule has 442 valence electrons. The molecule has 0 spiro atoms. The third kappa shape index (κ3) is 56.8. The van der Waals surface area contributed by atoms with E-state index < -0.39 is 20.0 Å². The molecule has 3 atom stereocenters. The standard InChI is InChI=1S/C65H125N2O7P/c1-7-10-13-16-19-22-25-28-30-32-33-34-35-36-38-40-43-46-49-52-55-58-65(69)74-63(56-53-50-47-44-41-27-24-21-18-15-12-9-3)62(61-73-75(70,71)72-60-59-67(4,5)6)66-64(68)57-54-51-48-45-42-39-37-31-29-26-23-20-17-14-11-8-2/h19,22,28,30,53,56,62-63H,7-18,20-21,23-27,29,31-52,54-55,57-61H2,1-6H3,(H-,66,68,70,71)/b22-19-,30-28-,56-53+. The maximum atomic E-state index is 13.5. The summed E-state index contributed by atoms with van der Waals surface area (Å²) in [5.74, 6) is -0.528. The molecule has 0 aliphatic rings. The van der Waals surface area contributed by atoms with Crippen molar-refractivity contribution < 1.29 is 37.3 Å². The maximum absolute atomic E-state index is 13.5. The van der Waals surface area contributed by atoms with Crippen LogP contribution in [0.15, 0.2) is 36.5 Å². The molecule has 0 heterocycles. The number of nitrogens with one attached hydrogen (secondary N) is 1. The number of hydrogen-bond acceptors (Lipinski definition) is 7. The van der Waals surface area contributed by atoms with Crippen LogP contribution < -0.4 is 10.2 Å². The van der Waals surface area contributed by atoms with Crippen molar-refractivity contribution in [1.82, 2.24) is 5.32 Å². The molecule has 0 saturated heterocycles. The smallest absolute Gasteiger partial charge is 0.306 e. The first-order chi connectivity index (χ1) is 36.4. The number of likely N-dealkylation sites (N-methyl/N-ethyl adjacent to an activating group) is 1. The number of esters is 1. The lowest BCUT2D eigenvalue weighted by molar-refractivity contribution is -0.870. The molecule has 0 fully saturated rings. The molecule has 1 N–H and O–H groups in total. The van der Waals surface area contributed by atoms with Crippen LogP contribution in [0.25, 0.3) is 0 Å². The molecule has 0 radical (unpaired) electrons. The Morgan fingerprint density at radius 3 is 1.23 bits per heavy atom. The summed E-state index contributed by atoms with van der Waals surface area (Å²) >= 11 is 0. The molecule has 1 amide bonds. The van der Waals surface area contributed by atoms with E-state index in [4.69, 9.17) is 13.8 Å². The van der Waals surface area contributed by atoms with Gasteiger partial charge in [-0.3, -0.25) is 14.2 Å².